The fraction of sp³-hybridized carbons (Fsp3) is 0.143. The summed E-state index contributed by atoms with van der Waals surface area (Å²) in [7, 11) is 1.89. The molecule has 0 amide bonds. The Hall–Kier alpha value is -2.96. The molecule has 1 aliphatic heterocycles. The van der Waals surface area contributed by atoms with Crippen molar-refractivity contribution in [1.29, 1.82) is 0 Å². The first-order chi connectivity index (χ1) is 10.2. The third kappa shape index (κ3) is 1.82. The fourth-order valence-corrected chi connectivity index (χ4v) is 2.34. The molecular weight excluding hydrogens is 272 g/mol. The number of aryl methyl sites for hydroxylation is 1. The minimum atomic E-state index is 0.227. The highest BCUT2D eigenvalue weighted by molar-refractivity contribution is 5.86. The third-order valence-electron chi connectivity index (χ3n) is 3.33. The lowest BCUT2D eigenvalue weighted by molar-refractivity contribution is 0.174. The average molecular weight is 284 g/mol. The molecule has 2 aromatic heterocycles. The van der Waals surface area contributed by atoms with Crippen LogP contribution in [0.2, 0.25) is 0 Å². The molecule has 0 radical (unpaired) electrons. The number of benzene rings is 1. The predicted octanol–water partition coefficient (Wildman–Crippen LogP) is 2.05. The van der Waals surface area contributed by atoms with Crippen LogP contribution in [0, 0.1) is 0 Å². The number of hydrogen-bond acceptors (Lipinski definition) is 6. The molecule has 1 aliphatic rings. The van der Waals surface area contributed by atoms with Gasteiger partial charge in [-0.25, -0.2) is 4.98 Å². The maximum Gasteiger partial charge on any atom is 0.231 e. The largest absolute Gasteiger partial charge is 0.454 e. The predicted molar refractivity (Wildman–Crippen MR) is 74.7 cm³/mol. The molecule has 2 N–H and O–H groups in total. The van der Waals surface area contributed by atoms with E-state index in [0.717, 1.165) is 5.56 Å². The van der Waals surface area contributed by atoms with Gasteiger partial charge in [-0.1, -0.05) is 11.2 Å². The van der Waals surface area contributed by atoms with E-state index < -0.39 is 0 Å². The number of nitrogens with two attached hydrogens (primary N) is 1. The minimum Gasteiger partial charge on any atom is -0.454 e. The maximum absolute atomic E-state index is 5.93. The topological polar surface area (TPSA) is 88.3 Å². The summed E-state index contributed by atoms with van der Waals surface area (Å²) in [4.78, 5) is 4.29. The summed E-state index contributed by atoms with van der Waals surface area (Å²) in [6.07, 6.45) is 3.55. The van der Waals surface area contributed by atoms with Crippen LogP contribution in [-0.4, -0.2) is 21.5 Å². The van der Waals surface area contributed by atoms with Crippen LogP contribution in [0.5, 0.6) is 11.5 Å². The van der Waals surface area contributed by atoms with Gasteiger partial charge in [-0.3, -0.25) is 0 Å². The van der Waals surface area contributed by atoms with Crippen molar-refractivity contribution in [3.05, 3.63) is 30.7 Å². The first-order valence-electron chi connectivity index (χ1n) is 6.36. The minimum absolute atomic E-state index is 0.227. The molecule has 7 heteroatoms. The van der Waals surface area contributed by atoms with Crippen molar-refractivity contribution in [2.75, 3.05) is 12.5 Å². The summed E-state index contributed by atoms with van der Waals surface area (Å²) < 4.78 is 17.7. The third-order valence-corrected chi connectivity index (χ3v) is 3.33. The van der Waals surface area contributed by atoms with Crippen molar-refractivity contribution >= 4 is 5.88 Å². The Kier molecular flexibility index (Phi) is 2.41. The molecule has 0 unspecified atom stereocenters. The van der Waals surface area contributed by atoms with Crippen molar-refractivity contribution in [2.24, 2.45) is 7.05 Å². The van der Waals surface area contributed by atoms with Gasteiger partial charge in [0, 0.05) is 13.2 Å². The van der Waals surface area contributed by atoms with Crippen LogP contribution in [0.25, 0.3) is 22.5 Å². The zero-order chi connectivity index (χ0) is 14.4. The quantitative estimate of drug-likeness (QED) is 0.774. The number of aromatic nitrogens is 3. The number of ether oxygens (including phenoxy) is 2. The molecule has 7 nitrogen and oxygen atoms in total. The number of fused-ring (bicyclic) bond motifs is 1. The van der Waals surface area contributed by atoms with Gasteiger partial charge < -0.3 is 24.3 Å². The molecular formula is C14H12N4O3. The van der Waals surface area contributed by atoms with E-state index in [1.54, 1.807) is 6.33 Å². The van der Waals surface area contributed by atoms with Gasteiger partial charge in [0.15, 0.2) is 11.5 Å². The number of anilines is 1. The van der Waals surface area contributed by atoms with Crippen molar-refractivity contribution in [3.8, 4) is 34.0 Å². The summed E-state index contributed by atoms with van der Waals surface area (Å²) in [6.45, 7) is 0.227. The maximum atomic E-state index is 5.93. The van der Waals surface area contributed by atoms with Crippen molar-refractivity contribution in [3.63, 3.8) is 0 Å². The van der Waals surface area contributed by atoms with Gasteiger partial charge >= 0.3 is 0 Å². The summed E-state index contributed by atoms with van der Waals surface area (Å²) >= 11 is 0. The molecule has 3 aromatic rings. The van der Waals surface area contributed by atoms with E-state index in [4.69, 9.17) is 19.7 Å². The lowest BCUT2D eigenvalue weighted by Gasteiger charge is -2.02. The molecule has 106 valence electrons. The highest BCUT2D eigenvalue weighted by Gasteiger charge is 2.22. The molecule has 0 fully saturated rings. The Bertz CT molecular complexity index is 821. The Labute approximate surface area is 119 Å². The van der Waals surface area contributed by atoms with Crippen LogP contribution < -0.4 is 15.2 Å². The van der Waals surface area contributed by atoms with Gasteiger partial charge in [-0.05, 0) is 17.7 Å². The van der Waals surface area contributed by atoms with Crippen LogP contribution in [0.3, 0.4) is 0 Å². The van der Waals surface area contributed by atoms with Gasteiger partial charge in [-0.2, -0.15) is 0 Å². The van der Waals surface area contributed by atoms with Crippen LogP contribution in [0.4, 0.5) is 5.88 Å². The lowest BCUT2D eigenvalue weighted by Crippen LogP contribution is -1.92. The van der Waals surface area contributed by atoms with Gasteiger partial charge in [0.2, 0.25) is 12.7 Å². The average Bonchev–Trinajstić information content (AvgIpc) is 3.17. The van der Waals surface area contributed by atoms with Gasteiger partial charge in [0.05, 0.1) is 11.9 Å². The Morgan fingerprint density at radius 2 is 2.10 bits per heavy atom. The van der Waals surface area contributed by atoms with E-state index in [0.29, 0.717) is 28.5 Å². The number of hydrogen-bond donors (Lipinski definition) is 1. The molecule has 0 saturated heterocycles. The standard InChI is InChI=1S/C14H12N4O3/c1-18-5-9(16-6-18)13-12(14(15)21-17-13)8-2-3-10-11(4-8)20-7-19-10/h2-6H,7,15H2,1H3. The smallest absolute Gasteiger partial charge is 0.231 e. The number of imidazole rings is 1. The first kappa shape index (κ1) is 11.8. The van der Waals surface area contributed by atoms with E-state index in [9.17, 15) is 0 Å². The Balaban J connectivity index is 1.87. The van der Waals surface area contributed by atoms with Crippen molar-refractivity contribution in [1.82, 2.24) is 14.7 Å². The van der Waals surface area contributed by atoms with Crippen LogP contribution in [0.15, 0.2) is 35.2 Å². The molecule has 0 saturated carbocycles. The number of nitrogens with zero attached hydrogens (tertiary/aromatic N) is 3. The number of nitrogen functional groups attached to an aromatic ring is 1. The molecule has 21 heavy (non-hydrogen) atoms. The number of rotatable bonds is 2. The van der Waals surface area contributed by atoms with Crippen LogP contribution in [-0.2, 0) is 7.05 Å². The van der Waals surface area contributed by atoms with E-state index in [2.05, 4.69) is 10.1 Å². The van der Waals surface area contributed by atoms with E-state index >= 15 is 0 Å². The van der Waals surface area contributed by atoms with E-state index in [1.165, 1.54) is 0 Å². The van der Waals surface area contributed by atoms with E-state index in [-0.39, 0.29) is 12.7 Å². The lowest BCUT2D eigenvalue weighted by atomic mass is 10.0. The highest BCUT2D eigenvalue weighted by Crippen LogP contribution is 2.40. The summed E-state index contributed by atoms with van der Waals surface area (Å²) in [6, 6.07) is 5.59. The zero-order valence-corrected chi connectivity index (χ0v) is 11.2. The van der Waals surface area contributed by atoms with Gasteiger partial charge in [-0.15, -0.1) is 0 Å². The van der Waals surface area contributed by atoms with E-state index in [1.807, 2.05) is 36.0 Å². The van der Waals surface area contributed by atoms with Gasteiger partial charge in [0.1, 0.15) is 11.4 Å². The molecule has 3 heterocycles. The summed E-state index contributed by atoms with van der Waals surface area (Å²) in [5.74, 6) is 1.64. The SMILES string of the molecule is Cn1cnc(-c2noc(N)c2-c2ccc3c(c2)OCO3)c1. The Morgan fingerprint density at radius 3 is 2.90 bits per heavy atom. The normalized spacial score (nSPS) is 12.8. The molecule has 0 atom stereocenters. The van der Waals surface area contributed by atoms with Crippen LogP contribution in [0.1, 0.15) is 0 Å². The Morgan fingerprint density at radius 1 is 1.24 bits per heavy atom. The van der Waals surface area contributed by atoms with Crippen molar-refractivity contribution in [2.45, 2.75) is 0 Å². The first-order valence-corrected chi connectivity index (χ1v) is 6.36. The molecule has 4 rings (SSSR count). The second kappa shape index (κ2) is 4.27. The van der Waals surface area contributed by atoms with Gasteiger partial charge in [0.25, 0.3) is 0 Å². The molecule has 0 bridgehead atoms. The fourth-order valence-electron chi connectivity index (χ4n) is 2.34. The monoisotopic (exact) mass is 284 g/mol. The second-order valence-electron chi connectivity index (χ2n) is 4.76. The molecule has 0 spiro atoms. The second-order valence-corrected chi connectivity index (χ2v) is 4.76. The summed E-state index contributed by atoms with van der Waals surface area (Å²) in [5, 5.41) is 4.02. The van der Waals surface area contributed by atoms with Crippen LogP contribution >= 0.6 is 0 Å². The molecule has 1 aromatic carbocycles. The zero-order valence-electron chi connectivity index (χ0n) is 11.2. The highest BCUT2D eigenvalue weighted by atomic mass is 16.7. The summed E-state index contributed by atoms with van der Waals surface area (Å²) in [5.41, 5.74) is 8.78. The molecule has 0 aliphatic carbocycles. The van der Waals surface area contributed by atoms with Crippen molar-refractivity contribution < 1.29 is 14.0 Å².